The molecule has 0 radical (unpaired) electrons. The highest BCUT2D eigenvalue weighted by Gasteiger charge is 2.17. The van der Waals surface area contributed by atoms with Gasteiger partial charge in [0.25, 0.3) is 0 Å². The molecule has 0 aliphatic carbocycles. The summed E-state index contributed by atoms with van der Waals surface area (Å²) in [4.78, 5) is 5.90. The van der Waals surface area contributed by atoms with Crippen LogP contribution in [0.1, 0.15) is 18.6 Å². The zero-order chi connectivity index (χ0) is 9.84. The van der Waals surface area contributed by atoms with Crippen LogP contribution in [0.2, 0.25) is 0 Å². The second kappa shape index (κ2) is 4.35. The Morgan fingerprint density at radius 3 is 2.31 bits per heavy atom. The van der Waals surface area contributed by atoms with Gasteiger partial charge in [0.05, 0.1) is 6.10 Å². The van der Waals surface area contributed by atoms with E-state index in [2.05, 4.69) is 4.98 Å². The van der Waals surface area contributed by atoms with Gasteiger partial charge >= 0.3 is 0 Å². The molecule has 0 aliphatic rings. The van der Waals surface area contributed by atoms with Crippen molar-refractivity contribution in [1.29, 1.82) is 0 Å². The summed E-state index contributed by atoms with van der Waals surface area (Å²) in [6, 6.07) is 3.79. The largest absolute Gasteiger partial charge is 0.387 e. The van der Waals surface area contributed by atoms with Gasteiger partial charge in [-0.05, 0) is 38.7 Å². The van der Waals surface area contributed by atoms with E-state index in [9.17, 15) is 5.11 Å². The summed E-state index contributed by atoms with van der Waals surface area (Å²) in [6.07, 6.45) is 2.94. The number of aliphatic hydroxyl groups is 1. The molecule has 3 heteroatoms. The maximum absolute atomic E-state index is 9.89. The average molecular weight is 180 g/mol. The lowest BCUT2D eigenvalue weighted by Gasteiger charge is -2.25. The minimum Gasteiger partial charge on any atom is -0.387 e. The van der Waals surface area contributed by atoms with E-state index in [-0.39, 0.29) is 6.04 Å². The Hall–Kier alpha value is -0.930. The number of aromatic nitrogens is 1. The van der Waals surface area contributed by atoms with E-state index in [0.717, 1.165) is 5.56 Å². The van der Waals surface area contributed by atoms with Crippen LogP contribution < -0.4 is 0 Å². The van der Waals surface area contributed by atoms with Crippen LogP contribution in [-0.2, 0) is 0 Å². The molecule has 0 saturated carbocycles. The number of rotatable bonds is 3. The molecule has 1 aromatic rings. The van der Waals surface area contributed by atoms with E-state index in [1.807, 2.05) is 38.1 Å². The minimum atomic E-state index is -0.446. The maximum atomic E-state index is 9.89. The summed E-state index contributed by atoms with van der Waals surface area (Å²) in [6.45, 7) is 1.99. The number of aliphatic hydroxyl groups excluding tert-OH is 1. The van der Waals surface area contributed by atoms with E-state index in [1.165, 1.54) is 0 Å². The predicted molar refractivity (Wildman–Crippen MR) is 52.3 cm³/mol. The first kappa shape index (κ1) is 10.2. The first-order chi connectivity index (χ1) is 6.13. The van der Waals surface area contributed by atoms with Crippen LogP contribution in [0.15, 0.2) is 24.5 Å². The Kier molecular flexibility index (Phi) is 3.39. The van der Waals surface area contributed by atoms with E-state index < -0.39 is 6.10 Å². The van der Waals surface area contributed by atoms with Crippen LogP contribution in [0.5, 0.6) is 0 Å². The summed E-state index contributed by atoms with van der Waals surface area (Å²) in [5.74, 6) is 0. The zero-order valence-corrected chi connectivity index (χ0v) is 8.31. The normalized spacial score (nSPS) is 15.8. The van der Waals surface area contributed by atoms with Crippen LogP contribution in [0.25, 0.3) is 0 Å². The molecule has 0 amide bonds. The third-order valence-corrected chi connectivity index (χ3v) is 2.32. The summed E-state index contributed by atoms with van der Waals surface area (Å²) < 4.78 is 0. The quantitative estimate of drug-likeness (QED) is 0.755. The van der Waals surface area contributed by atoms with Crippen molar-refractivity contribution in [3.63, 3.8) is 0 Å². The van der Waals surface area contributed by atoms with Gasteiger partial charge < -0.3 is 10.0 Å². The molecule has 1 rings (SSSR count). The molecular weight excluding hydrogens is 164 g/mol. The highest BCUT2D eigenvalue weighted by molar-refractivity contribution is 5.14. The first-order valence-corrected chi connectivity index (χ1v) is 4.37. The van der Waals surface area contributed by atoms with E-state index in [4.69, 9.17) is 0 Å². The number of pyridine rings is 1. The lowest BCUT2D eigenvalue weighted by Crippen LogP contribution is -2.30. The Balaban J connectivity index is 2.73. The molecule has 0 aromatic carbocycles. The predicted octanol–water partition coefficient (Wildman–Crippen LogP) is 1.07. The topological polar surface area (TPSA) is 36.4 Å². The van der Waals surface area contributed by atoms with Gasteiger partial charge in [0.1, 0.15) is 0 Å². The first-order valence-electron chi connectivity index (χ1n) is 4.37. The van der Waals surface area contributed by atoms with Crippen LogP contribution >= 0.6 is 0 Å². The molecular formula is C10H16N2O. The standard InChI is InChI=1S/C10H16N2O/c1-8(12(2)3)10(13)9-4-6-11-7-5-9/h4-8,10,13H,1-3H3. The highest BCUT2D eigenvalue weighted by Crippen LogP contribution is 2.17. The molecule has 2 unspecified atom stereocenters. The molecule has 0 spiro atoms. The van der Waals surface area contributed by atoms with Crippen molar-refractivity contribution >= 4 is 0 Å². The van der Waals surface area contributed by atoms with Crippen molar-refractivity contribution in [2.75, 3.05) is 14.1 Å². The molecule has 1 heterocycles. The Morgan fingerprint density at radius 2 is 1.85 bits per heavy atom. The third-order valence-electron chi connectivity index (χ3n) is 2.32. The fourth-order valence-electron chi connectivity index (χ4n) is 1.12. The number of hydrogen-bond donors (Lipinski definition) is 1. The van der Waals surface area contributed by atoms with Gasteiger partial charge in [-0.25, -0.2) is 0 Å². The fraction of sp³-hybridized carbons (Fsp3) is 0.500. The minimum absolute atomic E-state index is 0.113. The monoisotopic (exact) mass is 180 g/mol. The molecule has 0 saturated heterocycles. The SMILES string of the molecule is CC(C(O)c1ccncc1)N(C)C. The van der Waals surface area contributed by atoms with Crippen molar-refractivity contribution in [1.82, 2.24) is 9.88 Å². The van der Waals surface area contributed by atoms with Gasteiger partial charge in [0.15, 0.2) is 0 Å². The van der Waals surface area contributed by atoms with Crippen LogP contribution in [-0.4, -0.2) is 35.1 Å². The van der Waals surface area contributed by atoms with Gasteiger partial charge in [-0.3, -0.25) is 4.98 Å². The smallest absolute Gasteiger partial charge is 0.0943 e. The maximum Gasteiger partial charge on any atom is 0.0943 e. The van der Waals surface area contributed by atoms with Crippen LogP contribution in [0, 0.1) is 0 Å². The molecule has 3 nitrogen and oxygen atoms in total. The van der Waals surface area contributed by atoms with Crippen molar-refractivity contribution in [2.45, 2.75) is 19.1 Å². The fourth-order valence-corrected chi connectivity index (χ4v) is 1.12. The molecule has 1 aromatic heterocycles. The Labute approximate surface area is 79.0 Å². The van der Waals surface area contributed by atoms with Gasteiger partial charge in [-0.2, -0.15) is 0 Å². The summed E-state index contributed by atoms with van der Waals surface area (Å²) >= 11 is 0. The molecule has 13 heavy (non-hydrogen) atoms. The van der Waals surface area contributed by atoms with Gasteiger partial charge in [0, 0.05) is 18.4 Å². The molecule has 2 atom stereocenters. The van der Waals surface area contributed by atoms with Gasteiger partial charge in [0.2, 0.25) is 0 Å². The molecule has 0 fully saturated rings. The van der Waals surface area contributed by atoms with Crippen LogP contribution in [0.3, 0.4) is 0 Å². The second-order valence-corrected chi connectivity index (χ2v) is 3.43. The third kappa shape index (κ3) is 2.50. The summed E-state index contributed by atoms with van der Waals surface area (Å²) in [5, 5.41) is 9.89. The lowest BCUT2D eigenvalue weighted by molar-refractivity contribution is 0.0858. The Bertz CT molecular complexity index is 248. The second-order valence-electron chi connectivity index (χ2n) is 3.43. The molecule has 0 bridgehead atoms. The lowest BCUT2D eigenvalue weighted by atomic mass is 10.0. The summed E-state index contributed by atoms with van der Waals surface area (Å²) in [7, 11) is 3.91. The van der Waals surface area contributed by atoms with Gasteiger partial charge in [-0.1, -0.05) is 0 Å². The average Bonchev–Trinajstić information content (AvgIpc) is 2.17. The number of likely N-dealkylation sites (N-methyl/N-ethyl adjacent to an activating group) is 1. The molecule has 1 N–H and O–H groups in total. The summed E-state index contributed by atoms with van der Waals surface area (Å²) in [5.41, 5.74) is 0.913. The van der Waals surface area contributed by atoms with Crippen molar-refractivity contribution in [3.05, 3.63) is 30.1 Å². The van der Waals surface area contributed by atoms with E-state index in [0.29, 0.717) is 0 Å². The van der Waals surface area contributed by atoms with Crippen molar-refractivity contribution < 1.29 is 5.11 Å². The van der Waals surface area contributed by atoms with E-state index >= 15 is 0 Å². The number of nitrogens with zero attached hydrogens (tertiary/aromatic N) is 2. The van der Waals surface area contributed by atoms with Crippen LogP contribution in [0.4, 0.5) is 0 Å². The van der Waals surface area contributed by atoms with E-state index in [1.54, 1.807) is 12.4 Å². The van der Waals surface area contributed by atoms with Crippen molar-refractivity contribution in [3.8, 4) is 0 Å². The zero-order valence-electron chi connectivity index (χ0n) is 8.31. The number of hydrogen-bond acceptors (Lipinski definition) is 3. The van der Waals surface area contributed by atoms with Gasteiger partial charge in [-0.15, -0.1) is 0 Å². The highest BCUT2D eigenvalue weighted by atomic mass is 16.3. The molecule has 0 aliphatic heterocycles. The van der Waals surface area contributed by atoms with Crippen molar-refractivity contribution in [2.24, 2.45) is 0 Å². The Morgan fingerprint density at radius 1 is 1.31 bits per heavy atom. The molecule has 72 valence electrons.